The lowest BCUT2D eigenvalue weighted by Gasteiger charge is -2.38. The molecule has 0 fully saturated rings. The fourth-order valence-corrected chi connectivity index (χ4v) is 5.10. The molecule has 9 heteroatoms. The van der Waals surface area contributed by atoms with Crippen LogP contribution in [0.25, 0.3) is 0 Å². The van der Waals surface area contributed by atoms with Gasteiger partial charge < -0.3 is 29.2 Å². The molecule has 0 bridgehead atoms. The molecule has 1 aliphatic rings. The number of rotatable bonds is 16. The third-order valence-corrected chi connectivity index (χ3v) is 7.26. The van der Waals surface area contributed by atoms with Gasteiger partial charge in [0.25, 0.3) is 0 Å². The lowest BCUT2D eigenvalue weighted by molar-refractivity contribution is -0.144. The molecule has 2 aromatic rings. The maximum atomic E-state index is 11.9. The lowest BCUT2D eigenvalue weighted by Crippen LogP contribution is -2.37. The molecule has 0 radical (unpaired) electrons. The topological polar surface area (TPSA) is 99.2 Å². The van der Waals surface area contributed by atoms with Gasteiger partial charge in [0.05, 0.1) is 45.3 Å². The van der Waals surface area contributed by atoms with E-state index in [0.717, 1.165) is 34.9 Å². The largest absolute Gasteiger partial charge is 0.491 e. The molecule has 0 saturated heterocycles. The summed E-state index contributed by atoms with van der Waals surface area (Å²) in [6, 6.07) is 11.6. The standard InChI is InChI=1S/C33H47N3O6/c1-7-39-31(37)21-25-12-14-27(24(3)20-25)41-18-16-34-29-10-9-11-30(35-29)36(6)17-19-42-28-15-13-26(23-33(28,4)5)22-32(38)40-8-2/h9-15,20,26,28H,7-8,16-19,21-23H2,1-6H3,(H,34,35). The highest BCUT2D eigenvalue weighted by Crippen LogP contribution is 2.38. The van der Waals surface area contributed by atoms with Gasteiger partial charge in [-0.25, -0.2) is 4.98 Å². The first-order valence-electron chi connectivity index (χ1n) is 14.9. The van der Waals surface area contributed by atoms with Crippen LogP contribution >= 0.6 is 0 Å². The summed E-state index contributed by atoms with van der Waals surface area (Å²) in [7, 11) is 2.00. The fraction of sp³-hybridized carbons (Fsp3) is 0.545. The van der Waals surface area contributed by atoms with Crippen molar-refractivity contribution in [3.8, 4) is 5.75 Å². The second-order valence-corrected chi connectivity index (χ2v) is 11.3. The summed E-state index contributed by atoms with van der Waals surface area (Å²) in [5.74, 6) is 2.22. The Hall–Kier alpha value is -3.59. The molecule has 230 valence electrons. The van der Waals surface area contributed by atoms with Crippen molar-refractivity contribution in [1.82, 2.24) is 4.98 Å². The average molecular weight is 582 g/mol. The van der Waals surface area contributed by atoms with Crippen molar-refractivity contribution < 1.29 is 28.5 Å². The van der Waals surface area contributed by atoms with Crippen LogP contribution in [-0.2, 0) is 30.2 Å². The van der Waals surface area contributed by atoms with Gasteiger partial charge in [-0.2, -0.15) is 0 Å². The number of hydrogen-bond acceptors (Lipinski definition) is 9. The van der Waals surface area contributed by atoms with Crippen LogP contribution < -0.4 is 15.0 Å². The third-order valence-electron chi connectivity index (χ3n) is 7.26. The lowest BCUT2D eigenvalue weighted by atomic mass is 9.73. The number of aromatic nitrogens is 1. The number of benzene rings is 1. The molecule has 1 aromatic carbocycles. The van der Waals surface area contributed by atoms with Crippen molar-refractivity contribution in [2.45, 2.75) is 60.0 Å². The summed E-state index contributed by atoms with van der Waals surface area (Å²) in [6.45, 7) is 13.1. The Morgan fingerprint density at radius 1 is 1.05 bits per heavy atom. The highest BCUT2D eigenvalue weighted by Gasteiger charge is 2.35. The zero-order chi connectivity index (χ0) is 30.5. The first-order valence-corrected chi connectivity index (χ1v) is 14.9. The van der Waals surface area contributed by atoms with E-state index in [4.69, 9.17) is 23.9 Å². The number of aryl methyl sites for hydroxylation is 1. The van der Waals surface area contributed by atoms with Gasteiger partial charge in [-0.05, 0) is 67.9 Å². The zero-order valence-corrected chi connectivity index (χ0v) is 26.0. The highest BCUT2D eigenvalue weighted by molar-refractivity contribution is 5.72. The molecule has 1 N–H and O–H groups in total. The van der Waals surface area contributed by atoms with E-state index in [9.17, 15) is 9.59 Å². The van der Waals surface area contributed by atoms with Crippen molar-refractivity contribution >= 4 is 23.6 Å². The molecule has 42 heavy (non-hydrogen) atoms. The second-order valence-electron chi connectivity index (χ2n) is 11.3. The van der Waals surface area contributed by atoms with Crippen LogP contribution in [0.1, 0.15) is 51.7 Å². The summed E-state index contributed by atoms with van der Waals surface area (Å²) in [4.78, 5) is 30.4. The van der Waals surface area contributed by atoms with E-state index >= 15 is 0 Å². The van der Waals surface area contributed by atoms with Crippen molar-refractivity contribution in [3.05, 3.63) is 59.7 Å². The maximum absolute atomic E-state index is 11.9. The van der Waals surface area contributed by atoms with E-state index < -0.39 is 0 Å². The van der Waals surface area contributed by atoms with E-state index in [1.54, 1.807) is 6.92 Å². The smallest absolute Gasteiger partial charge is 0.310 e. The number of esters is 2. The van der Waals surface area contributed by atoms with Gasteiger partial charge in [0.15, 0.2) is 0 Å². The Morgan fingerprint density at radius 2 is 1.81 bits per heavy atom. The normalized spacial score (nSPS) is 17.4. The van der Waals surface area contributed by atoms with Gasteiger partial charge in [-0.3, -0.25) is 9.59 Å². The van der Waals surface area contributed by atoms with E-state index in [-0.39, 0.29) is 35.8 Å². The number of hydrogen-bond donors (Lipinski definition) is 1. The van der Waals surface area contributed by atoms with E-state index in [1.165, 1.54) is 0 Å². The molecule has 3 rings (SSSR count). The molecule has 2 unspecified atom stereocenters. The van der Waals surface area contributed by atoms with E-state index in [2.05, 4.69) is 36.2 Å². The van der Waals surface area contributed by atoms with Gasteiger partial charge in [0.1, 0.15) is 24.0 Å². The van der Waals surface area contributed by atoms with Gasteiger partial charge in [-0.15, -0.1) is 0 Å². The van der Waals surface area contributed by atoms with Crippen LogP contribution in [0, 0.1) is 18.3 Å². The average Bonchev–Trinajstić information content (AvgIpc) is 2.93. The molecule has 2 atom stereocenters. The van der Waals surface area contributed by atoms with Crippen LogP contribution in [-0.4, -0.2) is 69.6 Å². The molecule has 0 saturated carbocycles. The quantitative estimate of drug-likeness (QED) is 0.159. The molecule has 0 amide bonds. The van der Waals surface area contributed by atoms with Gasteiger partial charge in [0.2, 0.25) is 0 Å². The summed E-state index contributed by atoms with van der Waals surface area (Å²) < 4.78 is 22.3. The predicted molar refractivity (Wildman–Crippen MR) is 165 cm³/mol. The molecule has 1 aliphatic carbocycles. The summed E-state index contributed by atoms with van der Waals surface area (Å²) in [5, 5.41) is 3.33. The van der Waals surface area contributed by atoms with Crippen LogP contribution in [0.5, 0.6) is 5.75 Å². The van der Waals surface area contributed by atoms with Crippen LogP contribution in [0.4, 0.5) is 11.6 Å². The van der Waals surface area contributed by atoms with Gasteiger partial charge in [-0.1, -0.05) is 44.2 Å². The number of carbonyl (C=O) groups is 2. The number of allylic oxidation sites excluding steroid dienone is 1. The summed E-state index contributed by atoms with van der Waals surface area (Å²) in [6.07, 6.45) is 5.73. The highest BCUT2D eigenvalue weighted by atomic mass is 16.5. The minimum Gasteiger partial charge on any atom is -0.491 e. The van der Waals surface area contributed by atoms with Crippen molar-refractivity contribution in [3.63, 3.8) is 0 Å². The van der Waals surface area contributed by atoms with Crippen LogP contribution in [0.2, 0.25) is 0 Å². The minimum atomic E-state index is -0.227. The number of pyridine rings is 1. The number of ether oxygens (including phenoxy) is 4. The summed E-state index contributed by atoms with van der Waals surface area (Å²) >= 11 is 0. The molecule has 1 aromatic heterocycles. The fourth-order valence-electron chi connectivity index (χ4n) is 5.10. The first-order chi connectivity index (χ1) is 20.1. The Kier molecular flexibility index (Phi) is 12.7. The van der Waals surface area contributed by atoms with Crippen molar-refractivity contribution in [2.75, 3.05) is 56.8 Å². The maximum Gasteiger partial charge on any atom is 0.310 e. The van der Waals surface area contributed by atoms with Gasteiger partial charge in [0, 0.05) is 13.6 Å². The Bertz CT molecular complexity index is 1200. The third kappa shape index (κ3) is 10.4. The minimum absolute atomic E-state index is 0.0114. The predicted octanol–water partition coefficient (Wildman–Crippen LogP) is 5.36. The SMILES string of the molecule is CCOC(=O)Cc1ccc(OCCNc2cccc(N(C)CCOC3C=CC(CC(=O)OCC)CC3(C)C)n2)c(C)c1. The number of nitrogens with one attached hydrogen (secondary N) is 1. The Morgan fingerprint density at radius 3 is 2.52 bits per heavy atom. The van der Waals surface area contributed by atoms with E-state index in [0.29, 0.717) is 45.9 Å². The molecular formula is C33H47N3O6. The number of carbonyl (C=O) groups excluding carboxylic acids is 2. The molecule has 0 spiro atoms. The first kappa shape index (κ1) is 32.9. The van der Waals surface area contributed by atoms with Gasteiger partial charge >= 0.3 is 11.9 Å². The zero-order valence-electron chi connectivity index (χ0n) is 26.0. The van der Waals surface area contributed by atoms with Crippen molar-refractivity contribution in [2.24, 2.45) is 11.3 Å². The molecule has 0 aliphatic heterocycles. The Balaban J connectivity index is 1.41. The number of nitrogens with zero attached hydrogens (tertiary/aromatic N) is 2. The van der Waals surface area contributed by atoms with E-state index in [1.807, 2.05) is 57.3 Å². The Labute approximate surface area is 250 Å². The van der Waals surface area contributed by atoms with Crippen LogP contribution in [0.15, 0.2) is 48.6 Å². The number of anilines is 2. The molecule has 9 nitrogen and oxygen atoms in total. The molecular weight excluding hydrogens is 534 g/mol. The molecule has 1 heterocycles. The summed E-state index contributed by atoms with van der Waals surface area (Å²) in [5.41, 5.74) is 1.81. The van der Waals surface area contributed by atoms with Crippen LogP contribution in [0.3, 0.4) is 0 Å². The monoisotopic (exact) mass is 581 g/mol. The second kappa shape index (κ2) is 16.2. The number of likely N-dealkylation sites (N-methyl/N-ethyl adjacent to an activating group) is 1. The van der Waals surface area contributed by atoms with Crippen molar-refractivity contribution in [1.29, 1.82) is 0 Å².